The van der Waals surface area contributed by atoms with E-state index in [1.165, 1.54) is 10.8 Å². The van der Waals surface area contributed by atoms with Crippen LogP contribution >= 0.6 is 0 Å². The molecule has 0 bridgehead atoms. The fraction of sp³-hybridized carbons (Fsp3) is 0.111. The van der Waals surface area contributed by atoms with Gasteiger partial charge in [-0.3, -0.25) is 4.68 Å². The molecule has 4 aromatic rings. The zero-order valence-corrected chi connectivity index (χ0v) is 13.2. The summed E-state index contributed by atoms with van der Waals surface area (Å²) in [6.07, 6.45) is 5.45. The summed E-state index contributed by atoms with van der Waals surface area (Å²) in [5.41, 5.74) is 2.88. The molecule has 0 aliphatic rings. The molecule has 6 heteroatoms. The Hall–Kier alpha value is -3.28. The lowest BCUT2D eigenvalue weighted by molar-refractivity contribution is 0.767. The lowest BCUT2D eigenvalue weighted by atomic mass is 10.1. The number of hydrogen-bond acceptors (Lipinski definition) is 5. The number of benzene rings is 2. The van der Waals surface area contributed by atoms with Crippen molar-refractivity contribution in [3.05, 3.63) is 66.6 Å². The Morgan fingerprint density at radius 1 is 1.04 bits per heavy atom. The zero-order valence-electron chi connectivity index (χ0n) is 13.2. The van der Waals surface area contributed by atoms with Crippen LogP contribution in [-0.4, -0.2) is 25.0 Å². The number of aromatic nitrogens is 5. The summed E-state index contributed by atoms with van der Waals surface area (Å²) in [4.78, 5) is 4.56. The lowest BCUT2D eigenvalue weighted by Crippen LogP contribution is -2.04. The Bertz CT molecular complexity index is 991. The van der Waals surface area contributed by atoms with Crippen LogP contribution in [0.2, 0.25) is 0 Å². The van der Waals surface area contributed by atoms with Gasteiger partial charge in [0.25, 0.3) is 0 Å². The van der Waals surface area contributed by atoms with Gasteiger partial charge in [0.15, 0.2) is 0 Å². The van der Waals surface area contributed by atoms with E-state index in [9.17, 15) is 0 Å². The molecule has 0 spiro atoms. The molecule has 118 valence electrons. The van der Waals surface area contributed by atoms with Crippen molar-refractivity contribution in [3.8, 4) is 11.3 Å². The largest absolute Gasteiger partial charge is 0.349 e. The normalized spacial score (nSPS) is 10.9. The quantitative estimate of drug-likeness (QED) is 0.627. The maximum atomic E-state index is 4.56. The highest BCUT2D eigenvalue weighted by Crippen LogP contribution is 2.22. The smallest absolute Gasteiger partial charge is 0.243 e. The predicted octanol–water partition coefficient (Wildman–Crippen LogP) is 3.04. The molecule has 6 nitrogen and oxygen atoms in total. The first-order chi connectivity index (χ1) is 11.8. The second-order valence-electron chi connectivity index (χ2n) is 5.60. The van der Waals surface area contributed by atoms with E-state index < -0.39 is 0 Å². The van der Waals surface area contributed by atoms with Crippen molar-refractivity contribution in [1.29, 1.82) is 0 Å². The van der Waals surface area contributed by atoms with Gasteiger partial charge in [-0.15, -0.1) is 5.10 Å². The summed E-state index contributed by atoms with van der Waals surface area (Å²) in [5.74, 6) is 0.504. The molecular formula is C18H16N6. The van der Waals surface area contributed by atoms with E-state index in [-0.39, 0.29) is 0 Å². The average Bonchev–Trinajstić information content (AvgIpc) is 3.05. The molecule has 0 unspecified atom stereocenters. The molecule has 1 N–H and O–H groups in total. The average molecular weight is 316 g/mol. The van der Waals surface area contributed by atoms with Crippen LogP contribution in [0.5, 0.6) is 0 Å². The molecule has 4 rings (SSSR count). The first kappa shape index (κ1) is 14.3. The fourth-order valence-corrected chi connectivity index (χ4v) is 2.61. The van der Waals surface area contributed by atoms with Gasteiger partial charge in [0.1, 0.15) is 0 Å². The molecule has 2 heterocycles. The third-order valence-corrected chi connectivity index (χ3v) is 3.81. The second-order valence-corrected chi connectivity index (χ2v) is 5.60. The van der Waals surface area contributed by atoms with Gasteiger partial charge >= 0.3 is 0 Å². The topological polar surface area (TPSA) is 68.5 Å². The molecular weight excluding hydrogens is 300 g/mol. The minimum absolute atomic E-state index is 0.504. The summed E-state index contributed by atoms with van der Waals surface area (Å²) in [6, 6.07) is 14.5. The number of nitrogens with one attached hydrogen (secondary N) is 1. The highest BCUT2D eigenvalue weighted by atomic mass is 15.3. The van der Waals surface area contributed by atoms with Crippen LogP contribution in [0.4, 0.5) is 5.95 Å². The van der Waals surface area contributed by atoms with Gasteiger partial charge < -0.3 is 5.32 Å². The first-order valence-electron chi connectivity index (χ1n) is 7.68. The van der Waals surface area contributed by atoms with Crippen LogP contribution in [0.25, 0.3) is 22.0 Å². The van der Waals surface area contributed by atoms with Crippen molar-refractivity contribution in [2.24, 2.45) is 7.05 Å². The fourth-order valence-electron chi connectivity index (χ4n) is 2.61. The summed E-state index contributed by atoms with van der Waals surface area (Å²) in [5, 5.41) is 17.8. The molecule has 0 saturated carbocycles. The van der Waals surface area contributed by atoms with Gasteiger partial charge in [-0.1, -0.05) is 36.4 Å². The summed E-state index contributed by atoms with van der Waals surface area (Å²) in [7, 11) is 1.89. The molecule has 2 aromatic heterocycles. The van der Waals surface area contributed by atoms with Gasteiger partial charge in [0, 0.05) is 30.9 Å². The van der Waals surface area contributed by atoms with Gasteiger partial charge in [-0.25, -0.2) is 4.98 Å². The van der Waals surface area contributed by atoms with Crippen LogP contribution in [0, 0.1) is 0 Å². The highest BCUT2D eigenvalue weighted by molar-refractivity contribution is 5.86. The zero-order chi connectivity index (χ0) is 16.4. The molecule has 24 heavy (non-hydrogen) atoms. The van der Waals surface area contributed by atoms with Gasteiger partial charge in [0.2, 0.25) is 5.95 Å². The van der Waals surface area contributed by atoms with Gasteiger partial charge in [-0.2, -0.15) is 10.2 Å². The van der Waals surface area contributed by atoms with Crippen LogP contribution in [-0.2, 0) is 13.6 Å². The Morgan fingerprint density at radius 2 is 1.92 bits per heavy atom. The lowest BCUT2D eigenvalue weighted by Gasteiger charge is -2.06. The SMILES string of the molecule is Cn1cc(CNc2nncc(-c3ccc4ccccc4c3)n2)cn1. The third kappa shape index (κ3) is 2.94. The van der Waals surface area contributed by atoms with E-state index in [1.807, 2.05) is 31.6 Å². The molecule has 0 fully saturated rings. The van der Waals surface area contributed by atoms with Crippen LogP contribution in [0.3, 0.4) is 0 Å². The van der Waals surface area contributed by atoms with Crippen LogP contribution in [0.1, 0.15) is 5.56 Å². The van der Waals surface area contributed by atoms with Crippen molar-refractivity contribution in [2.75, 3.05) is 5.32 Å². The first-order valence-corrected chi connectivity index (χ1v) is 7.68. The van der Waals surface area contributed by atoms with Crippen molar-refractivity contribution >= 4 is 16.7 Å². The van der Waals surface area contributed by atoms with E-state index in [2.05, 4.69) is 55.9 Å². The third-order valence-electron chi connectivity index (χ3n) is 3.81. The molecule has 2 aromatic carbocycles. The monoisotopic (exact) mass is 316 g/mol. The van der Waals surface area contributed by atoms with Crippen molar-refractivity contribution in [1.82, 2.24) is 25.0 Å². The highest BCUT2D eigenvalue weighted by Gasteiger charge is 2.05. The Kier molecular flexibility index (Phi) is 3.63. The van der Waals surface area contributed by atoms with E-state index in [1.54, 1.807) is 10.9 Å². The van der Waals surface area contributed by atoms with E-state index in [0.29, 0.717) is 12.5 Å². The summed E-state index contributed by atoms with van der Waals surface area (Å²) >= 11 is 0. The van der Waals surface area contributed by atoms with Crippen molar-refractivity contribution < 1.29 is 0 Å². The standard InChI is InChI=1S/C18H16N6/c1-24-12-13(10-21-24)9-19-18-22-17(11-20-23-18)16-7-6-14-4-2-3-5-15(14)8-16/h2-8,10-12H,9H2,1H3,(H,19,22,23). The van der Waals surface area contributed by atoms with E-state index >= 15 is 0 Å². The van der Waals surface area contributed by atoms with E-state index in [4.69, 9.17) is 0 Å². The Balaban J connectivity index is 1.58. The Labute approximate surface area is 139 Å². The molecule has 0 aliphatic carbocycles. The molecule has 0 atom stereocenters. The number of hydrogen-bond donors (Lipinski definition) is 1. The van der Waals surface area contributed by atoms with Crippen molar-refractivity contribution in [3.63, 3.8) is 0 Å². The molecule has 0 radical (unpaired) electrons. The number of aryl methyl sites for hydroxylation is 1. The minimum Gasteiger partial charge on any atom is -0.349 e. The molecule has 0 amide bonds. The Morgan fingerprint density at radius 3 is 2.75 bits per heavy atom. The van der Waals surface area contributed by atoms with Crippen LogP contribution < -0.4 is 5.32 Å². The number of rotatable bonds is 4. The maximum absolute atomic E-state index is 4.56. The van der Waals surface area contributed by atoms with Crippen LogP contribution in [0.15, 0.2) is 61.1 Å². The van der Waals surface area contributed by atoms with E-state index in [0.717, 1.165) is 16.8 Å². The van der Waals surface area contributed by atoms with Crippen molar-refractivity contribution in [2.45, 2.75) is 6.54 Å². The maximum Gasteiger partial charge on any atom is 0.243 e. The van der Waals surface area contributed by atoms with Gasteiger partial charge in [0.05, 0.1) is 18.1 Å². The molecule has 0 saturated heterocycles. The number of fused-ring (bicyclic) bond motifs is 1. The predicted molar refractivity (Wildman–Crippen MR) is 93.3 cm³/mol. The summed E-state index contributed by atoms with van der Waals surface area (Å²) in [6.45, 7) is 0.608. The number of nitrogens with zero attached hydrogens (tertiary/aromatic N) is 5. The molecule has 0 aliphatic heterocycles. The summed E-state index contributed by atoms with van der Waals surface area (Å²) < 4.78 is 1.77. The van der Waals surface area contributed by atoms with Gasteiger partial charge in [-0.05, 0) is 16.8 Å². The minimum atomic E-state index is 0.504. The number of anilines is 1. The second kappa shape index (κ2) is 6.08.